The Labute approximate surface area is 321 Å². The molecule has 0 unspecified atom stereocenters. The molecular formula is C43H51N5O7. The van der Waals surface area contributed by atoms with Crippen molar-refractivity contribution in [2.45, 2.75) is 56.7 Å². The second-order valence-electron chi connectivity index (χ2n) is 15.1. The van der Waals surface area contributed by atoms with Gasteiger partial charge in [-0.2, -0.15) is 0 Å². The molecule has 5 heterocycles. The monoisotopic (exact) mass is 749 g/mol. The number of phenols is 1. The summed E-state index contributed by atoms with van der Waals surface area (Å²) in [7, 11) is 0. The highest BCUT2D eigenvalue weighted by Crippen LogP contribution is 2.39. The Morgan fingerprint density at radius 2 is 1.65 bits per heavy atom. The van der Waals surface area contributed by atoms with Crippen molar-refractivity contribution >= 4 is 28.7 Å². The molecule has 55 heavy (non-hydrogen) atoms. The third-order valence-corrected chi connectivity index (χ3v) is 11.9. The molecule has 290 valence electrons. The van der Waals surface area contributed by atoms with E-state index >= 15 is 0 Å². The van der Waals surface area contributed by atoms with Crippen molar-refractivity contribution in [1.82, 2.24) is 25.0 Å². The van der Waals surface area contributed by atoms with Gasteiger partial charge in [-0.1, -0.05) is 36.4 Å². The van der Waals surface area contributed by atoms with Crippen LogP contribution in [-0.2, 0) is 14.9 Å². The minimum Gasteiger partial charge on any atom is -0.506 e. The fourth-order valence-corrected chi connectivity index (χ4v) is 8.57. The van der Waals surface area contributed by atoms with Gasteiger partial charge in [0.25, 0.3) is 11.8 Å². The first-order chi connectivity index (χ1) is 26.7. The Kier molecular flexibility index (Phi) is 11.7. The molecule has 0 spiro atoms. The van der Waals surface area contributed by atoms with E-state index < -0.39 is 11.5 Å². The van der Waals surface area contributed by atoms with Gasteiger partial charge in [0.2, 0.25) is 5.56 Å². The van der Waals surface area contributed by atoms with E-state index in [4.69, 9.17) is 4.74 Å². The zero-order chi connectivity index (χ0) is 38.5. The SMILES string of the molecule is CCN(CCCNC[C@H](O)c1ccc(O)c2[nH]c(=O)ccc12)C(=O)c1ccc(C(=O)N2CCC(C(=O)O[C@H]3CN4CCC3CC4)(c3ccccc3)CC2)cc1. The highest BCUT2D eigenvalue weighted by atomic mass is 16.5. The maximum Gasteiger partial charge on any atom is 0.317 e. The lowest BCUT2D eigenvalue weighted by Gasteiger charge is -2.46. The van der Waals surface area contributed by atoms with Gasteiger partial charge in [0, 0.05) is 61.8 Å². The lowest BCUT2D eigenvalue weighted by Crippen LogP contribution is -2.55. The molecule has 2 amide bonds. The van der Waals surface area contributed by atoms with Crippen LogP contribution in [0.4, 0.5) is 0 Å². The standard InChI is InChI=1S/C43H51N5O7/c1-2-47(22-6-21-44-27-36(50)33-13-15-35(49)39-34(33)14-16-38(51)45-39)40(52)30-9-11-31(12-10-30)41(53)48-25-19-43(20-26-48,32-7-4-3-5-8-32)42(54)55-37-28-46-23-17-29(37)18-24-46/h3-5,7-16,29,36-37,44,49-50H,2,6,17-28H2,1H3,(H,45,51)/t36-,37-/m0/s1. The molecule has 0 aliphatic carbocycles. The number of aromatic nitrogens is 1. The number of H-pyrrole nitrogens is 1. The number of hydrogen-bond acceptors (Lipinski definition) is 9. The summed E-state index contributed by atoms with van der Waals surface area (Å²) in [5.74, 6) is -0.0719. The predicted molar refractivity (Wildman–Crippen MR) is 209 cm³/mol. The van der Waals surface area contributed by atoms with Gasteiger partial charge < -0.3 is 35.1 Å². The molecule has 2 atom stereocenters. The molecular weight excluding hydrogens is 699 g/mol. The number of likely N-dealkylation sites (tertiary alicyclic amines) is 1. The minimum atomic E-state index is -0.869. The van der Waals surface area contributed by atoms with Gasteiger partial charge in [0.15, 0.2) is 0 Å². The second kappa shape index (κ2) is 16.8. The normalized spacial score (nSPS) is 20.9. The summed E-state index contributed by atoms with van der Waals surface area (Å²) in [6.45, 7) is 7.54. The van der Waals surface area contributed by atoms with E-state index in [1.54, 1.807) is 46.2 Å². The van der Waals surface area contributed by atoms with E-state index in [2.05, 4.69) is 15.2 Å². The van der Waals surface area contributed by atoms with Crippen LogP contribution >= 0.6 is 0 Å². The number of carbonyl (C=O) groups is 3. The summed E-state index contributed by atoms with van der Waals surface area (Å²) in [6, 6.07) is 22.7. The van der Waals surface area contributed by atoms with Gasteiger partial charge >= 0.3 is 5.97 Å². The smallest absolute Gasteiger partial charge is 0.317 e. The number of hydrogen-bond donors (Lipinski definition) is 4. The van der Waals surface area contributed by atoms with Crippen molar-refractivity contribution in [1.29, 1.82) is 0 Å². The minimum absolute atomic E-state index is 0.0612. The van der Waals surface area contributed by atoms with Crippen molar-refractivity contribution < 1.29 is 29.3 Å². The van der Waals surface area contributed by atoms with Crippen LogP contribution in [0, 0.1) is 5.92 Å². The molecule has 12 nitrogen and oxygen atoms in total. The Morgan fingerprint density at radius 3 is 2.33 bits per heavy atom. The van der Waals surface area contributed by atoms with E-state index in [-0.39, 0.29) is 47.3 Å². The molecule has 4 saturated heterocycles. The Bertz CT molecular complexity index is 2040. The maximum atomic E-state index is 14.0. The van der Waals surface area contributed by atoms with E-state index in [0.717, 1.165) is 38.0 Å². The highest BCUT2D eigenvalue weighted by molar-refractivity contribution is 5.98. The number of pyridine rings is 1. The molecule has 2 bridgehead atoms. The quantitative estimate of drug-likeness (QED) is 0.116. The van der Waals surface area contributed by atoms with Crippen LogP contribution in [0.2, 0.25) is 0 Å². The number of benzene rings is 3. The number of aliphatic hydroxyl groups excluding tert-OH is 1. The van der Waals surface area contributed by atoms with Crippen LogP contribution in [0.1, 0.15) is 77.0 Å². The first kappa shape index (κ1) is 38.2. The summed E-state index contributed by atoms with van der Waals surface area (Å²) in [5.41, 5.74) is 1.66. The summed E-state index contributed by atoms with van der Waals surface area (Å²) < 4.78 is 6.30. The number of rotatable bonds is 13. The summed E-state index contributed by atoms with van der Waals surface area (Å²) in [4.78, 5) is 61.4. The fourth-order valence-electron chi connectivity index (χ4n) is 8.57. The Balaban J connectivity index is 0.906. The van der Waals surface area contributed by atoms with Gasteiger partial charge in [0.1, 0.15) is 11.9 Å². The summed E-state index contributed by atoms with van der Waals surface area (Å²) in [5, 5.41) is 24.8. The number of amides is 2. The zero-order valence-corrected chi connectivity index (χ0v) is 31.4. The zero-order valence-electron chi connectivity index (χ0n) is 31.4. The molecule has 4 aliphatic heterocycles. The number of aromatic amines is 1. The van der Waals surface area contributed by atoms with Crippen molar-refractivity contribution in [3.63, 3.8) is 0 Å². The van der Waals surface area contributed by atoms with Crippen molar-refractivity contribution in [3.8, 4) is 5.75 Å². The average Bonchev–Trinajstić information content (AvgIpc) is 3.22. The van der Waals surface area contributed by atoms with Crippen LogP contribution in [-0.4, -0.2) is 113 Å². The van der Waals surface area contributed by atoms with Crippen LogP contribution < -0.4 is 10.9 Å². The van der Waals surface area contributed by atoms with Gasteiger partial charge in [-0.05, 0) is 112 Å². The summed E-state index contributed by atoms with van der Waals surface area (Å²) >= 11 is 0. The molecule has 4 fully saturated rings. The number of esters is 1. The Hall–Kier alpha value is -5.04. The number of nitrogens with one attached hydrogen (secondary N) is 2. The highest BCUT2D eigenvalue weighted by Gasteiger charge is 2.47. The van der Waals surface area contributed by atoms with Crippen LogP contribution in [0.3, 0.4) is 0 Å². The number of fused-ring (bicyclic) bond motifs is 4. The lowest BCUT2D eigenvalue weighted by molar-refractivity contribution is -0.167. The van der Waals surface area contributed by atoms with E-state index in [1.165, 1.54) is 12.1 Å². The molecule has 1 aromatic heterocycles. The third kappa shape index (κ3) is 8.17. The molecule has 0 saturated carbocycles. The van der Waals surface area contributed by atoms with Crippen LogP contribution in [0.5, 0.6) is 5.75 Å². The molecule has 0 radical (unpaired) electrons. The van der Waals surface area contributed by atoms with Crippen LogP contribution in [0.15, 0.2) is 83.7 Å². The Morgan fingerprint density at radius 1 is 0.945 bits per heavy atom. The molecule has 4 aliphatic rings. The van der Waals surface area contributed by atoms with E-state index in [9.17, 15) is 29.4 Å². The molecule has 12 heteroatoms. The van der Waals surface area contributed by atoms with Crippen LogP contribution in [0.25, 0.3) is 10.9 Å². The third-order valence-electron chi connectivity index (χ3n) is 11.9. The average molecular weight is 750 g/mol. The van der Waals surface area contributed by atoms with Crippen molar-refractivity contribution in [3.05, 3.63) is 111 Å². The summed E-state index contributed by atoms with van der Waals surface area (Å²) in [6.07, 6.45) is 2.80. The van der Waals surface area contributed by atoms with Gasteiger partial charge in [-0.25, -0.2) is 0 Å². The van der Waals surface area contributed by atoms with Gasteiger partial charge in [-0.15, -0.1) is 0 Å². The first-order valence-electron chi connectivity index (χ1n) is 19.6. The number of ether oxygens (including phenoxy) is 1. The number of aromatic hydroxyl groups is 1. The van der Waals surface area contributed by atoms with E-state index in [1.807, 2.05) is 37.3 Å². The van der Waals surface area contributed by atoms with E-state index in [0.29, 0.717) is 80.0 Å². The second-order valence-corrected chi connectivity index (χ2v) is 15.1. The van der Waals surface area contributed by atoms with Gasteiger partial charge in [0.05, 0.1) is 17.0 Å². The number of carbonyl (C=O) groups excluding carboxylic acids is 3. The number of phenolic OH excluding ortho intramolecular Hbond substituents is 1. The predicted octanol–water partition coefficient (Wildman–Crippen LogP) is 4.22. The number of nitrogens with zero attached hydrogens (tertiary/aromatic N) is 3. The van der Waals surface area contributed by atoms with Crippen molar-refractivity contribution in [2.24, 2.45) is 5.92 Å². The topological polar surface area (TPSA) is 156 Å². The molecule has 4 N–H and O–H groups in total. The molecule has 4 aromatic rings. The largest absolute Gasteiger partial charge is 0.506 e. The lowest BCUT2D eigenvalue weighted by atomic mass is 9.72. The van der Waals surface area contributed by atoms with Gasteiger partial charge in [-0.3, -0.25) is 24.1 Å². The maximum absolute atomic E-state index is 14.0. The molecule has 3 aromatic carbocycles. The number of aliphatic hydroxyl groups is 1. The number of piperidine rings is 4. The fraction of sp³-hybridized carbons (Fsp3) is 0.442. The first-order valence-corrected chi connectivity index (χ1v) is 19.6. The van der Waals surface area contributed by atoms with Crippen molar-refractivity contribution in [2.75, 3.05) is 58.9 Å². The molecule has 8 rings (SSSR count).